The van der Waals surface area contributed by atoms with E-state index in [9.17, 15) is 4.79 Å². The normalized spacial score (nSPS) is 27.6. The molecule has 0 saturated heterocycles. The maximum Gasteiger partial charge on any atom is 0.323 e. The molecule has 0 aromatic carbocycles. The van der Waals surface area contributed by atoms with Gasteiger partial charge in [-0.15, -0.1) is 0 Å². The van der Waals surface area contributed by atoms with E-state index in [0.29, 0.717) is 5.92 Å². The summed E-state index contributed by atoms with van der Waals surface area (Å²) in [6.45, 7) is 6.34. The van der Waals surface area contributed by atoms with Crippen LogP contribution in [0.1, 0.15) is 46.5 Å². The van der Waals surface area contributed by atoms with E-state index in [2.05, 4.69) is 0 Å². The lowest BCUT2D eigenvalue weighted by atomic mass is 9.79. The summed E-state index contributed by atoms with van der Waals surface area (Å²) in [6.07, 6.45) is 4.14. The highest BCUT2D eigenvalue weighted by Crippen LogP contribution is 2.30. The highest BCUT2D eigenvalue weighted by Gasteiger charge is 2.31. The first-order valence-corrected chi connectivity index (χ1v) is 6.52. The van der Waals surface area contributed by atoms with E-state index in [1.165, 1.54) is 0 Å². The van der Waals surface area contributed by atoms with Crippen molar-refractivity contribution in [1.29, 1.82) is 0 Å². The monoisotopic (exact) mass is 242 g/mol. The van der Waals surface area contributed by atoms with Gasteiger partial charge in [-0.1, -0.05) is 0 Å². The van der Waals surface area contributed by atoms with Gasteiger partial charge >= 0.3 is 5.97 Å². The SMILES string of the molecule is CC(C)(C)OC(=O)[C@H](N)C1CCC(CN)CC1. The van der Waals surface area contributed by atoms with Gasteiger partial charge in [-0.25, -0.2) is 0 Å². The Labute approximate surface area is 104 Å². The van der Waals surface area contributed by atoms with Gasteiger partial charge in [-0.05, 0) is 64.8 Å². The lowest BCUT2D eigenvalue weighted by Gasteiger charge is -2.32. The van der Waals surface area contributed by atoms with E-state index in [-0.39, 0.29) is 11.9 Å². The lowest BCUT2D eigenvalue weighted by Crippen LogP contribution is -2.44. The molecule has 1 rings (SSSR count). The fourth-order valence-corrected chi connectivity index (χ4v) is 2.35. The highest BCUT2D eigenvalue weighted by molar-refractivity contribution is 5.76. The first-order valence-electron chi connectivity index (χ1n) is 6.52. The van der Waals surface area contributed by atoms with Gasteiger partial charge in [-0.2, -0.15) is 0 Å². The minimum absolute atomic E-state index is 0.257. The Hall–Kier alpha value is -0.610. The van der Waals surface area contributed by atoms with E-state index in [1.54, 1.807) is 0 Å². The number of hydrogen-bond donors (Lipinski definition) is 2. The van der Waals surface area contributed by atoms with Crippen LogP contribution in [0.2, 0.25) is 0 Å². The summed E-state index contributed by atoms with van der Waals surface area (Å²) >= 11 is 0. The van der Waals surface area contributed by atoms with Crippen LogP contribution < -0.4 is 11.5 Å². The van der Waals surface area contributed by atoms with Gasteiger partial charge in [0.2, 0.25) is 0 Å². The lowest BCUT2D eigenvalue weighted by molar-refractivity contribution is -0.158. The molecule has 0 unspecified atom stereocenters. The smallest absolute Gasteiger partial charge is 0.323 e. The topological polar surface area (TPSA) is 78.3 Å². The maximum absolute atomic E-state index is 11.8. The van der Waals surface area contributed by atoms with Crippen molar-refractivity contribution in [1.82, 2.24) is 0 Å². The van der Waals surface area contributed by atoms with Gasteiger partial charge in [0.05, 0.1) is 0 Å². The van der Waals surface area contributed by atoms with Crippen LogP contribution in [0.5, 0.6) is 0 Å². The molecule has 0 radical (unpaired) electrons. The van der Waals surface area contributed by atoms with E-state index >= 15 is 0 Å². The molecule has 0 bridgehead atoms. The summed E-state index contributed by atoms with van der Waals surface area (Å²) in [5.41, 5.74) is 11.2. The van der Waals surface area contributed by atoms with Gasteiger partial charge in [-0.3, -0.25) is 4.79 Å². The van der Waals surface area contributed by atoms with Crippen LogP contribution in [0.25, 0.3) is 0 Å². The Morgan fingerprint density at radius 2 is 1.82 bits per heavy atom. The molecule has 4 nitrogen and oxygen atoms in total. The maximum atomic E-state index is 11.8. The van der Waals surface area contributed by atoms with Crippen LogP contribution in [0.15, 0.2) is 0 Å². The van der Waals surface area contributed by atoms with E-state index in [4.69, 9.17) is 16.2 Å². The van der Waals surface area contributed by atoms with Crippen molar-refractivity contribution in [3.05, 3.63) is 0 Å². The number of ether oxygens (including phenoxy) is 1. The van der Waals surface area contributed by atoms with Crippen molar-refractivity contribution >= 4 is 5.97 Å². The average molecular weight is 242 g/mol. The third-order valence-electron chi connectivity index (χ3n) is 3.41. The van der Waals surface area contributed by atoms with E-state index in [1.807, 2.05) is 20.8 Å². The molecule has 0 heterocycles. The van der Waals surface area contributed by atoms with Crippen LogP contribution in [0.4, 0.5) is 0 Å². The largest absolute Gasteiger partial charge is 0.459 e. The number of rotatable bonds is 3. The van der Waals surface area contributed by atoms with Gasteiger partial charge in [0.25, 0.3) is 0 Å². The Kier molecular flexibility index (Phi) is 4.95. The van der Waals surface area contributed by atoms with E-state index in [0.717, 1.165) is 32.2 Å². The van der Waals surface area contributed by atoms with Crippen molar-refractivity contribution in [3.8, 4) is 0 Å². The highest BCUT2D eigenvalue weighted by atomic mass is 16.6. The zero-order valence-corrected chi connectivity index (χ0v) is 11.2. The zero-order valence-electron chi connectivity index (χ0n) is 11.2. The van der Waals surface area contributed by atoms with Crippen LogP contribution in [0, 0.1) is 11.8 Å². The minimum atomic E-state index is -0.479. The molecule has 1 saturated carbocycles. The number of carbonyl (C=O) groups excluding carboxylic acids is 1. The molecule has 1 aliphatic carbocycles. The Morgan fingerprint density at radius 1 is 1.29 bits per heavy atom. The standard InChI is InChI=1S/C13H26N2O2/c1-13(2,3)17-12(16)11(15)10-6-4-9(8-14)5-7-10/h9-11H,4-8,14-15H2,1-3H3/t9?,10?,11-/m1/s1. The summed E-state index contributed by atoms with van der Waals surface area (Å²) in [7, 11) is 0. The molecule has 1 fully saturated rings. The molecule has 4 N–H and O–H groups in total. The zero-order chi connectivity index (χ0) is 13.1. The summed E-state index contributed by atoms with van der Waals surface area (Å²) in [5.74, 6) is 0.596. The molecule has 0 aromatic heterocycles. The van der Waals surface area contributed by atoms with Crippen LogP contribution in [-0.2, 0) is 9.53 Å². The third kappa shape index (κ3) is 4.64. The van der Waals surface area contributed by atoms with Gasteiger partial charge in [0.15, 0.2) is 0 Å². The quantitative estimate of drug-likeness (QED) is 0.734. The first kappa shape index (κ1) is 14.5. The second kappa shape index (κ2) is 5.83. The van der Waals surface area contributed by atoms with Gasteiger partial charge in [0, 0.05) is 0 Å². The summed E-state index contributed by atoms with van der Waals surface area (Å²) in [5, 5.41) is 0. The predicted molar refractivity (Wildman–Crippen MR) is 68.3 cm³/mol. The number of hydrogen-bond acceptors (Lipinski definition) is 4. The molecular weight excluding hydrogens is 216 g/mol. The van der Waals surface area contributed by atoms with Crippen LogP contribution in [0.3, 0.4) is 0 Å². The summed E-state index contributed by atoms with van der Waals surface area (Å²) in [4.78, 5) is 11.8. The molecule has 0 aromatic rings. The molecule has 0 aliphatic heterocycles. The Bertz CT molecular complexity index is 253. The van der Waals surface area contributed by atoms with Crippen LogP contribution in [-0.4, -0.2) is 24.2 Å². The van der Waals surface area contributed by atoms with Gasteiger partial charge in [0.1, 0.15) is 11.6 Å². The fraction of sp³-hybridized carbons (Fsp3) is 0.923. The minimum Gasteiger partial charge on any atom is -0.459 e. The van der Waals surface area contributed by atoms with Crippen molar-refractivity contribution in [2.75, 3.05) is 6.54 Å². The van der Waals surface area contributed by atoms with Crippen LogP contribution >= 0.6 is 0 Å². The third-order valence-corrected chi connectivity index (χ3v) is 3.41. The molecule has 1 atom stereocenters. The summed E-state index contributed by atoms with van der Waals surface area (Å²) in [6, 6.07) is -0.479. The molecule has 100 valence electrons. The van der Waals surface area contributed by atoms with Crippen molar-refractivity contribution in [3.63, 3.8) is 0 Å². The molecular formula is C13H26N2O2. The van der Waals surface area contributed by atoms with E-state index < -0.39 is 11.6 Å². The second-order valence-corrected chi connectivity index (χ2v) is 6.08. The number of nitrogens with two attached hydrogens (primary N) is 2. The number of carbonyl (C=O) groups is 1. The fourth-order valence-electron chi connectivity index (χ4n) is 2.35. The molecule has 1 aliphatic rings. The summed E-state index contributed by atoms with van der Waals surface area (Å²) < 4.78 is 5.32. The number of esters is 1. The molecule has 0 amide bonds. The molecule has 17 heavy (non-hydrogen) atoms. The Morgan fingerprint density at radius 3 is 2.24 bits per heavy atom. The predicted octanol–water partition coefficient (Wildman–Crippen LogP) is 1.42. The van der Waals surface area contributed by atoms with Gasteiger partial charge < -0.3 is 16.2 Å². The van der Waals surface area contributed by atoms with Crippen molar-refractivity contribution in [2.45, 2.75) is 58.1 Å². The van der Waals surface area contributed by atoms with Crippen molar-refractivity contribution in [2.24, 2.45) is 23.3 Å². The first-order chi connectivity index (χ1) is 7.83. The Balaban J connectivity index is 2.43. The van der Waals surface area contributed by atoms with Crippen molar-refractivity contribution < 1.29 is 9.53 Å². The molecule has 4 heteroatoms. The average Bonchev–Trinajstić information content (AvgIpc) is 2.26. The second-order valence-electron chi connectivity index (χ2n) is 6.08. The molecule has 0 spiro atoms.